The fourth-order valence-corrected chi connectivity index (χ4v) is 2.60. The van der Waals surface area contributed by atoms with Gasteiger partial charge < -0.3 is 14.4 Å². The third kappa shape index (κ3) is 2.60. The quantitative estimate of drug-likeness (QED) is 0.928. The lowest BCUT2D eigenvalue weighted by Gasteiger charge is -2.13. The molecule has 0 aliphatic heterocycles. The number of halogens is 1. The van der Waals surface area contributed by atoms with Crippen molar-refractivity contribution in [3.05, 3.63) is 34.1 Å². The summed E-state index contributed by atoms with van der Waals surface area (Å²) in [6.45, 7) is 4.19. The third-order valence-electron chi connectivity index (χ3n) is 3.35. The molecule has 2 rings (SSSR count). The number of ether oxygens (including phenoxy) is 1. The number of imidazole rings is 1. The van der Waals surface area contributed by atoms with Crippen molar-refractivity contribution < 1.29 is 9.84 Å². The molecule has 0 atom stereocenters. The highest BCUT2D eigenvalue weighted by molar-refractivity contribution is 9.10. The summed E-state index contributed by atoms with van der Waals surface area (Å²) in [5.74, 6) is 2.08. The highest BCUT2D eigenvalue weighted by Gasteiger charge is 2.16. The molecule has 1 heterocycles. The second-order valence-electron chi connectivity index (χ2n) is 5.00. The average Bonchev–Trinajstić information content (AvgIpc) is 2.74. The summed E-state index contributed by atoms with van der Waals surface area (Å²) < 4.78 is 8.13. The van der Waals surface area contributed by atoms with Crippen LogP contribution in [-0.4, -0.2) is 21.8 Å². The third-order valence-corrected chi connectivity index (χ3v) is 4.34. The van der Waals surface area contributed by atoms with Gasteiger partial charge in [-0.05, 0) is 45.6 Å². The normalized spacial score (nSPS) is 11.2. The van der Waals surface area contributed by atoms with Crippen molar-refractivity contribution in [1.82, 2.24) is 9.55 Å². The molecule has 5 heteroatoms. The highest BCUT2D eigenvalue weighted by Crippen LogP contribution is 2.32. The molecule has 4 nitrogen and oxygen atoms in total. The van der Waals surface area contributed by atoms with Gasteiger partial charge in [-0.2, -0.15) is 0 Å². The number of hydrogen-bond donors (Lipinski definition) is 1. The number of hydrogen-bond acceptors (Lipinski definition) is 3. The summed E-state index contributed by atoms with van der Waals surface area (Å²) in [6.07, 6.45) is 0. The second kappa shape index (κ2) is 5.97. The molecule has 0 fully saturated rings. The van der Waals surface area contributed by atoms with Crippen LogP contribution in [0.4, 0.5) is 0 Å². The molecule has 0 aliphatic rings. The Labute approximate surface area is 127 Å². The number of aliphatic hydroxyl groups excluding tert-OH is 1. The molecule has 0 radical (unpaired) electrons. The minimum atomic E-state index is -0.0817. The van der Waals surface area contributed by atoms with Crippen LogP contribution in [0, 0.1) is 0 Å². The first-order chi connectivity index (χ1) is 9.49. The van der Waals surface area contributed by atoms with Gasteiger partial charge in [-0.25, -0.2) is 4.98 Å². The Kier molecular flexibility index (Phi) is 4.50. The summed E-state index contributed by atoms with van der Waals surface area (Å²) in [7, 11) is 3.60. The second-order valence-corrected chi connectivity index (χ2v) is 5.75. The molecule has 1 aromatic carbocycles. The van der Waals surface area contributed by atoms with E-state index >= 15 is 0 Å². The molecule has 1 N–H and O–H groups in total. The summed E-state index contributed by atoms with van der Waals surface area (Å²) in [5, 5.41) is 9.30. The van der Waals surface area contributed by atoms with Crippen molar-refractivity contribution in [2.75, 3.05) is 7.11 Å². The SMILES string of the molecule is COc1ccc(-c2nc(CO)c(Br)n2C)cc1C(C)C. The van der Waals surface area contributed by atoms with Gasteiger partial charge in [0.15, 0.2) is 0 Å². The fourth-order valence-electron chi connectivity index (χ4n) is 2.22. The first-order valence-electron chi connectivity index (χ1n) is 6.49. The number of nitrogens with zero attached hydrogens (tertiary/aromatic N) is 2. The van der Waals surface area contributed by atoms with E-state index in [4.69, 9.17) is 4.74 Å². The first-order valence-corrected chi connectivity index (χ1v) is 7.29. The first kappa shape index (κ1) is 15.1. The lowest BCUT2D eigenvalue weighted by Crippen LogP contribution is -1.97. The molecule has 2 aromatic rings. The molecule has 0 spiro atoms. The molecule has 0 aliphatic carbocycles. The van der Waals surface area contributed by atoms with Crippen LogP contribution in [0.2, 0.25) is 0 Å². The van der Waals surface area contributed by atoms with Crippen molar-refractivity contribution in [2.45, 2.75) is 26.4 Å². The Morgan fingerprint density at radius 3 is 2.60 bits per heavy atom. The summed E-state index contributed by atoms with van der Waals surface area (Å²) in [4.78, 5) is 4.48. The lowest BCUT2D eigenvalue weighted by atomic mass is 9.99. The van der Waals surface area contributed by atoms with Crippen LogP contribution >= 0.6 is 15.9 Å². The maximum atomic E-state index is 9.30. The minimum absolute atomic E-state index is 0.0817. The molecule has 0 amide bonds. The molecular weight excluding hydrogens is 320 g/mol. The number of benzene rings is 1. The molecule has 20 heavy (non-hydrogen) atoms. The lowest BCUT2D eigenvalue weighted by molar-refractivity contribution is 0.276. The van der Waals surface area contributed by atoms with Gasteiger partial charge in [-0.3, -0.25) is 0 Å². The summed E-state index contributed by atoms with van der Waals surface area (Å²) in [6, 6.07) is 6.05. The zero-order valence-electron chi connectivity index (χ0n) is 12.1. The van der Waals surface area contributed by atoms with Gasteiger partial charge in [0.1, 0.15) is 16.2 Å². The van der Waals surface area contributed by atoms with E-state index in [1.54, 1.807) is 7.11 Å². The largest absolute Gasteiger partial charge is 0.496 e. The molecular formula is C15H19BrN2O2. The van der Waals surface area contributed by atoms with E-state index < -0.39 is 0 Å². The number of methoxy groups -OCH3 is 1. The van der Waals surface area contributed by atoms with E-state index in [2.05, 4.69) is 40.8 Å². The Morgan fingerprint density at radius 2 is 2.10 bits per heavy atom. The van der Waals surface area contributed by atoms with Gasteiger partial charge in [0.25, 0.3) is 0 Å². The Hall–Kier alpha value is -1.33. The topological polar surface area (TPSA) is 47.3 Å². The van der Waals surface area contributed by atoms with Gasteiger partial charge in [0, 0.05) is 12.6 Å². The van der Waals surface area contributed by atoms with Crippen LogP contribution in [0.25, 0.3) is 11.4 Å². The molecule has 0 saturated carbocycles. The molecule has 0 bridgehead atoms. The van der Waals surface area contributed by atoms with E-state index in [1.165, 1.54) is 0 Å². The van der Waals surface area contributed by atoms with Crippen LogP contribution < -0.4 is 4.74 Å². The van der Waals surface area contributed by atoms with Crippen LogP contribution in [0.5, 0.6) is 5.75 Å². The number of aromatic nitrogens is 2. The maximum Gasteiger partial charge on any atom is 0.140 e. The van der Waals surface area contributed by atoms with Gasteiger partial charge in [0.05, 0.1) is 19.4 Å². The van der Waals surface area contributed by atoms with Crippen LogP contribution in [-0.2, 0) is 13.7 Å². The van der Waals surface area contributed by atoms with Gasteiger partial charge >= 0.3 is 0 Å². The van der Waals surface area contributed by atoms with E-state index in [9.17, 15) is 5.11 Å². The minimum Gasteiger partial charge on any atom is -0.496 e. The Balaban J connectivity index is 2.56. The molecule has 108 valence electrons. The Morgan fingerprint density at radius 1 is 1.40 bits per heavy atom. The van der Waals surface area contributed by atoms with Crippen molar-refractivity contribution >= 4 is 15.9 Å². The van der Waals surface area contributed by atoms with Gasteiger partial charge in [0.2, 0.25) is 0 Å². The van der Waals surface area contributed by atoms with Crippen molar-refractivity contribution in [2.24, 2.45) is 7.05 Å². The van der Waals surface area contributed by atoms with Crippen molar-refractivity contribution in [3.8, 4) is 17.1 Å². The van der Waals surface area contributed by atoms with Crippen LogP contribution in [0.3, 0.4) is 0 Å². The van der Waals surface area contributed by atoms with Gasteiger partial charge in [-0.1, -0.05) is 13.8 Å². The zero-order valence-corrected chi connectivity index (χ0v) is 13.7. The van der Waals surface area contributed by atoms with Crippen molar-refractivity contribution in [1.29, 1.82) is 0 Å². The zero-order chi connectivity index (χ0) is 14.9. The maximum absolute atomic E-state index is 9.30. The predicted octanol–water partition coefficient (Wildman–Crippen LogP) is 3.47. The van der Waals surface area contributed by atoms with E-state index in [1.807, 2.05) is 23.7 Å². The monoisotopic (exact) mass is 338 g/mol. The summed E-state index contributed by atoms with van der Waals surface area (Å²) >= 11 is 3.45. The van der Waals surface area contributed by atoms with Crippen molar-refractivity contribution in [3.63, 3.8) is 0 Å². The standard InChI is InChI=1S/C15H19BrN2O2/c1-9(2)11-7-10(5-6-13(11)20-4)15-17-12(8-19)14(16)18(15)3/h5-7,9,19H,8H2,1-4H3. The van der Waals surface area contributed by atoms with Crippen LogP contribution in [0.15, 0.2) is 22.8 Å². The average molecular weight is 339 g/mol. The predicted molar refractivity (Wildman–Crippen MR) is 82.9 cm³/mol. The van der Waals surface area contributed by atoms with Crippen LogP contribution in [0.1, 0.15) is 31.0 Å². The number of aliphatic hydroxyl groups is 1. The fraction of sp³-hybridized carbons (Fsp3) is 0.400. The number of rotatable bonds is 4. The molecule has 1 aromatic heterocycles. The van der Waals surface area contributed by atoms with E-state index in [-0.39, 0.29) is 6.61 Å². The van der Waals surface area contributed by atoms with E-state index in [0.29, 0.717) is 11.6 Å². The summed E-state index contributed by atoms with van der Waals surface area (Å²) in [5.41, 5.74) is 2.80. The van der Waals surface area contributed by atoms with E-state index in [0.717, 1.165) is 27.3 Å². The Bertz CT molecular complexity index is 621. The molecule has 0 saturated heterocycles. The van der Waals surface area contributed by atoms with Gasteiger partial charge in [-0.15, -0.1) is 0 Å². The highest BCUT2D eigenvalue weighted by atomic mass is 79.9. The smallest absolute Gasteiger partial charge is 0.140 e. The molecule has 0 unspecified atom stereocenters.